The van der Waals surface area contributed by atoms with E-state index in [1.54, 1.807) is 0 Å². The number of hydrogen-bond acceptors (Lipinski definition) is 4. The Hall–Kier alpha value is -1.94. The summed E-state index contributed by atoms with van der Waals surface area (Å²) < 4.78 is 5.84. The van der Waals surface area contributed by atoms with Gasteiger partial charge < -0.3 is 9.64 Å². The van der Waals surface area contributed by atoms with Crippen molar-refractivity contribution in [3.8, 4) is 11.6 Å². The van der Waals surface area contributed by atoms with Crippen LogP contribution in [0.2, 0.25) is 0 Å². The lowest BCUT2D eigenvalue weighted by atomic mass is 10.1. The maximum Gasteiger partial charge on any atom is 0.238 e. The van der Waals surface area contributed by atoms with E-state index in [4.69, 9.17) is 4.74 Å². The van der Waals surface area contributed by atoms with Crippen LogP contribution in [0, 0.1) is 0 Å². The van der Waals surface area contributed by atoms with Crippen molar-refractivity contribution in [3.63, 3.8) is 0 Å². The number of rotatable bonds is 5. The molecule has 106 valence electrons. The van der Waals surface area contributed by atoms with Gasteiger partial charge in [-0.1, -0.05) is 32.0 Å². The number of ether oxygens (including phenoxy) is 1. The SMILES string of the molecule is CC(C)c1ccc(Oc2ccccc2CN(C)C)nn1. The summed E-state index contributed by atoms with van der Waals surface area (Å²) in [6.45, 7) is 5.02. The fourth-order valence-electron chi connectivity index (χ4n) is 1.88. The molecule has 0 aliphatic rings. The average Bonchev–Trinajstić information content (AvgIpc) is 2.41. The van der Waals surface area contributed by atoms with Crippen molar-refractivity contribution >= 4 is 0 Å². The molecule has 0 saturated carbocycles. The third-order valence-corrected chi connectivity index (χ3v) is 2.93. The first kappa shape index (κ1) is 14.5. The molecule has 2 aromatic rings. The van der Waals surface area contributed by atoms with Crippen molar-refractivity contribution in [3.05, 3.63) is 47.7 Å². The number of benzene rings is 1. The van der Waals surface area contributed by atoms with Crippen LogP contribution in [0.5, 0.6) is 11.6 Å². The highest BCUT2D eigenvalue weighted by Crippen LogP contribution is 2.24. The van der Waals surface area contributed by atoms with Crippen LogP contribution in [-0.4, -0.2) is 29.2 Å². The molecule has 0 N–H and O–H groups in total. The Balaban J connectivity index is 2.17. The standard InChI is InChI=1S/C16H21N3O/c1-12(2)14-9-10-16(18-17-14)20-15-8-6-5-7-13(15)11-19(3)4/h5-10,12H,11H2,1-4H3. The molecule has 0 aliphatic carbocycles. The number of para-hydroxylation sites is 1. The number of aromatic nitrogens is 2. The largest absolute Gasteiger partial charge is 0.437 e. The van der Waals surface area contributed by atoms with E-state index in [2.05, 4.69) is 35.0 Å². The third kappa shape index (κ3) is 3.78. The fraction of sp³-hybridized carbons (Fsp3) is 0.375. The molecule has 0 saturated heterocycles. The summed E-state index contributed by atoms with van der Waals surface area (Å²) in [5.74, 6) is 1.73. The summed E-state index contributed by atoms with van der Waals surface area (Å²) in [4.78, 5) is 2.11. The van der Waals surface area contributed by atoms with Gasteiger partial charge in [0.25, 0.3) is 0 Å². The minimum Gasteiger partial charge on any atom is -0.437 e. The van der Waals surface area contributed by atoms with E-state index in [0.29, 0.717) is 11.8 Å². The maximum atomic E-state index is 5.84. The van der Waals surface area contributed by atoms with Crippen molar-refractivity contribution < 1.29 is 4.74 Å². The van der Waals surface area contributed by atoms with Crippen LogP contribution in [-0.2, 0) is 6.54 Å². The molecule has 0 spiro atoms. The van der Waals surface area contributed by atoms with E-state index < -0.39 is 0 Å². The van der Waals surface area contributed by atoms with Gasteiger partial charge in [-0.3, -0.25) is 0 Å². The Labute approximate surface area is 120 Å². The Morgan fingerprint density at radius 3 is 2.40 bits per heavy atom. The molecule has 0 atom stereocenters. The van der Waals surface area contributed by atoms with Crippen LogP contribution in [0.4, 0.5) is 0 Å². The van der Waals surface area contributed by atoms with E-state index in [1.165, 1.54) is 0 Å². The molecular formula is C16H21N3O. The summed E-state index contributed by atoms with van der Waals surface area (Å²) in [5, 5.41) is 8.31. The first-order chi connectivity index (χ1) is 9.56. The molecule has 4 nitrogen and oxygen atoms in total. The number of nitrogens with zero attached hydrogens (tertiary/aromatic N) is 3. The summed E-state index contributed by atoms with van der Waals surface area (Å²) >= 11 is 0. The zero-order valence-corrected chi connectivity index (χ0v) is 12.5. The molecule has 1 aromatic carbocycles. The molecule has 0 unspecified atom stereocenters. The summed E-state index contributed by atoms with van der Waals surface area (Å²) in [5.41, 5.74) is 2.10. The minimum absolute atomic E-state index is 0.373. The van der Waals surface area contributed by atoms with E-state index in [-0.39, 0.29) is 0 Å². The van der Waals surface area contributed by atoms with E-state index in [9.17, 15) is 0 Å². The van der Waals surface area contributed by atoms with Gasteiger partial charge in [-0.25, -0.2) is 0 Å². The van der Waals surface area contributed by atoms with Crippen LogP contribution in [0.1, 0.15) is 31.0 Å². The van der Waals surface area contributed by atoms with Gasteiger partial charge in [0.1, 0.15) is 5.75 Å². The first-order valence-corrected chi connectivity index (χ1v) is 6.80. The van der Waals surface area contributed by atoms with Crippen molar-refractivity contribution in [2.45, 2.75) is 26.3 Å². The van der Waals surface area contributed by atoms with Gasteiger partial charge in [-0.05, 0) is 32.1 Å². The quantitative estimate of drug-likeness (QED) is 0.834. The average molecular weight is 271 g/mol. The zero-order chi connectivity index (χ0) is 14.5. The van der Waals surface area contributed by atoms with Gasteiger partial charge in [-0.15, -0.1) is 5.10 Å². The van der Waals surface area contributed by atoms with E-state index >= 15 is 0 Å². The number of hydrogen-bond donors (Lipinski definition) is 0. The molecule has 0 bridgehead atoms. The van der Waals surface area contributed by atoms with Gasteiger partial charge in [0, 0.05) is 18.2 Å². The molecule has 20 heavy (non-hydrogen) atoms. The van der Waals surface area contributed by atoms with Crippen molar-refractivity contribution in [2.24, 2.45) is 0 Å². The van der Waals surface area contributed by atoms with Crippen molar-refractivity contribution in [2.75, 3.05) is 14.1 Å². The van der Waals surface area contributed by atoms with Crippen LogP contribution < -0.4 is 4.74 Å². The lowest BCUT2D eigenvalue weighted by Gasteiger charge is -2.14. The lowest BCUT2D eigenvalue weighted by Crippen LogP contribution is -2.11. The molecular weight excluding hydrogens is 250 g/mol. The molecule has 4 heteroatoms. The van der Waals surface area contributed by atoms with Crippen molar-refractivity contribution in [1.82, 2.24) is 15.1 Å². The van der Waals surface area contributed by atoms with Crippen LogP contribution >= 0.6 is 0 Å². The van der Waals surface area contributed by atoms with Gasteiger partial charge in [0.2, 0.25) is 5.88 Å². The van der Waals surface area contributed by atoms with Crippen LogP contribution in [0.25, 0.3) is 0 Å². The Morgan fingerprint density at radius 2 is 1.80 bits per heavy atom. The second kappa shape index (κ2) is 6.48. The van der Waals surface area contributed by atoms with Gasteiger partial charge >= 0.3 is 0 Å². The molecule has 0 amide bonds. The highest BCUT2D eigenvalue weighted by atomic mass is 16.5. The smallest absolute Gasteiger partial charge is 0.238 e. The molecule has 0 radical (unpaired) electrons. The van der Waals surface area contributed by atoms with Crippen molar-refractivity contribution in [1.29, 1.82) is 0 Å². The monoisotopic (exact) mass is 271 g/mol. The van der Waals surface area contributed by atoms with Crippen LogP contribution in [0.3, 0.4) is 0 Å². The molecule has 1 aromatic heterocycles. The second-order valence-electron chi connectivity index (χ2n) is 5.40. The Kier molecular flexibility index (Phi) is 4.69. The van der Waals surface area contributed by atoms with E-state index in [1.807, 2.05) is 44.4 Å². The van der Waals surface area contributed by atoms with Crippen LogP contribution in [0.15, 0.2) is 36.4 Å². The molecule has 0 fully saturated rings. The molecule has 1 heterocycles. The summed E-state index contributed by atoms with van der Waals surface area (Å²) in [6, 6.07) is 11.8. The lowest BCUT2D eigenvalue weighted by molar-refractivity contribution is 0.384. The normalized spacial score (nSPS) is 11.1. The van der Waals surface area contributed by atoms with Gasteiger partial charge in [-0.2, -0.15) is 5.10 Å². The highest BCUT2D eigenvalue weighted by molar-refractivity contribution is 5.35. The van der Waals surface area contributed by atoms with E-state index in [0.717, 1.165) is 23.6 Å². The highest BCUT2D eigenvalue weighted by Gasteiger charge is 2.07. The predicted octanol–water partition coefficient (Wildman–Crippen LogP) is 3.45. The minimum atomic E-state index is 0.373. The summed E-state index contributed by atoms with van der Waals surface area (Å²) in [6.07, 6.45) is 0. The molecule has 0 aliphatic heterocycles. The van der Waals surface area contributed by atoms with Gasteiger partial charge in [0.15, 0.2) is 0 Å². The Morgan fingerprint density at radius 1 is 1.05 bits per heavy atom. The molecule has 2 rings (SSSR count). The predicted molar refractivity (Wildman–Crippen MR) is 80.0 cm³/mol. The first-order valence-electron chi connectivity index (χ1n) is 6.80. The fourth-order valence-corrected chi connectivity index (χ4v) is 1.88. The Bertz CT molecular complexity index is 550. The maximum absolute atomic E-state index is 5.84. The zero-order valence-electron chi connectivity index (χ0n) is 12.5. The topological polar surface area (TPSA) is 38.2 Å². The second-order valence-corrected chi connectivity index (χ2v) is 5.40. The van der Waals surface area contributed by atoms with Gasteiger partial charge in [0.05, 0.1) is 5.69 Å². The summed E-state index contributed by atoms with van der Waals surface area (Å²) in [7, 11) is 4.07. The third-order valence-electron chi connectivity index (χ3n) is 2.93.